The van der Waals surface area contributed by atoms with Gasteiger partial charge in [-0.2, -0.15) is 0 Å². The minimum absolute atomic E-state index is 0.0345. The molecule has 1 saturated heterocycles. The minimum Gasteiger partial charge on any atom is -0.545 e. The summed E-state index contributed by atoms with van der Waals surface area (Å²) in [6, 6.07) is 15.1. The van der Waals surface area contributed by atoms with Crippen LogP contribution >= 0.6 is 11.8 Å². The summed E-state index contributed by atoms with van der Waals surface area (Å²) in [4.78, 5) is 42.2. The van der Waals surface area contributed by atoms with Gasteiger partial charge in [-0.25, -0.2) is 4.99 Å². The van der Waals surface area contributed by atoms with Gasteiger partial charge in [-0.3, -0.25) is 14.5 Å². The van der Waals surface area contributed by atoms with Gasteiger partial charge in [0, 0.05) is 24.2 Å². The second-order valence-electron chi connectivity index (χ2n) is 6.16. The first-order valence-corrected chi connectivity index (χ1v) is 9.70. The van der Waals surface area contributed by atoms with Crippen molar-refractivity contribution in [1.82, 2.24) is 4.90 Å². The third-order valence-electron chi connectivity index (χ3n) is 4.10. The molecule has 148 valence electrons. The number of nitrogens with one attached hydrogen (secondary N) is 1. The number of para-hydroxylation sites is 2. The van der Waals surface area contributed by atoms with Crippen LogP contribution in [0.1, 0.15) is 16.8 Å². The lowest BCUT2D eigenvalue weighted by Gasteiger charge is -2.14. The van der Waals surface area contributed by atoms with E-state index in [0.717, 1.165) is 11.8 Å². The molecule has 0 bridgehead atoms. The van der Waals surface area contributed by atoms with Gasteiger partial charge in [0.15, 0.2) is 5.17 Å². The van der Waals surface area contributed by atoms with Crippen LogP contribution in [-0.2, 0) is 9.59 Å². The van der Waals surface area contributed by atoms with E-state index >= 15 is 0 Å². The number of benzene rings is 2. The van der Waals surface area contributed by atoms with Crippen LogP contribution in [-0.4, -0.2) is 39.6 Å². The Balaban J connectivity index is 1.80. The summed E-state index contributed by atoms with van der Waals surface area (Å²) in [5.74, 6) is -1.92. The van der Waals surface area contributed by atoms with E-state index in [1.54, 1.807) is 42.5 Å². The van der Waals surface area contributed by atoms with Gasteiger partial charge in [-0.1, -0.05) is 54.2 Å². The van der Waals surface area contributed by atoms with Crippen LogP contribution < -0.4 is 10.4 Å². The molecule has 2 amide bonds. The molecule has 0 radical (unpaired) electrons. The molecule has 0 aliphatic carbocycles. The molecule has 8 heteroatoms. The third-order valence-corrected chi connectivity index (χ3v) is 5.28. The van der Waals surface area contributed by atoms with Crippen LogP contribution in [0.5, 0.6) is 0 Å². The van der Waals surface area contributed by atoms with E-state index in [9.17, 15) is 19.5 Å². The van der Waals surface area contributed by atoms with Crippen molar-refractivity contribution < 1.29 is 19.5 Å². The van der Waals surface area contributed by atoms with Crippen LogP contribution in [0.2, 0.25) is 0 Å². The molecule has 0 unspecified atom stereocenters. The van der Waals surface area contributed by atoms with E-state index in [4.69, 9.17) is 0 Å². The Morgan fingerprint density at radius 2 is 1.86 bits per heavy atom. The monoisotopic (exact) mass is 408 g/mol. The van der Waals surface area contributed by atoms with Gasteiger partial charge in [-0.15, -0.1) is 6.58 Å². The lowest BCUT2D eigenvalue weighted by Crippen LogP contribution is -2.33. The molecule has 1 N–H and O–H groups in total. The fourth-order valence-corrected chi connectivity index (χ4v) is 3.93. The molecule has 29 heavy (non-hydrogen) atoms. The number of rotatable bonds is 7. The maximum Gasteiger partial charge on any atom is 0.242 e. The van der Waals surface area contributed by atoms with Crippen molar-refractivity contribution in [3.05, 3.63) is 72.8 Å². The quantitative estimate of drug-likeness (QED) is 0.708. The summed E-state index contributed by atoms with van der Waals surface area (Å²) >= 11 is 1.13. The molecule has 1 aliphatic heterocycles. The molecule has 0 saturated carbocycles. The first kappa shape index (κ1) is 20.3. The Hall–Kier alpha value is -3.39. The van der Waals surface area contributed by atoms with Crippen LogP contribution in [0.15, 0.2) is 72.2 Å². The number of aromatic carboxylic acids is 1. The number of thioether (sulfide) groups is 1. The molecule has 2 aromatic rings. The summed E-state index contributed by atoms with van der Waals surface area (Å²) in [5.41, 5.74) is 0.760. The van der Waals surface area contributed by atoms with Gasteiger partial charge in [0.25, 0.3) is 0 Å². The van der Waals surface area contributed by atoms with Crippen molar-refractivity contribution in [1.29, 1.82) is 0 Å². The maximum atomic E-state index is 12.8. The molecular weight excluding hydrogens is 390 g/mol. The number of carboxylic acids is 1. The summed E-state index contributed by atoms with van der Waals surface area (Å²) in [7, 11) is 0. The number of amidine groups is 1. The molecule has 1 fully saturated rings. The smallest absolute Gasteiger partial charge is 0.242 e. The van der Waals surface area contributed by atoms with Crippen molar-refractivity contribution in [2.75, 3.05) is 11.9 Å². The normalized spacial score (nSPS) is 17.4. The van der Waals surface area contributed by atoms with Gasteiger partial charge < -0.3 is 15.2 Å². The fourth-order valence-electron chi connectivity index (χ4n) is 2.77. The van der Waals surface area contributed by atoms with E-state index in [1.807, 2.05) is 6.07 Å². The summed E-state index contributed by atoms with van der Waals surface area (Å²) in [5, 5.41) is 13.7. The Morgan fingerprint density at radius 1 is 1.17 bits per heavy atom. The zero-order chi connectivity index (χ0) is 20.8. The number of anilines is 1. The molecule has 1 atom stereocenters. The van der Waals surface area contributed by atoms with Crippen molar-refractivity contribution in [2.45, 2.75) is 11.7 Å². The SMILES string of the molecule is C=CCN1C(=O)[C@H](CC(=O)Nc2ccccc2)SC1=Nc1ccccc1C(=O)[O-]. The van der Waals surface area contributed by atoms with E-state index in [0.29, 0.717) is 10.9 Å². The number of amides is 2. The topological polar surface area (TPSA) is 102 Å². The summed E-state index contributed by atoms with van der Waals surface area (Å²) < 4.78 is 0. The Bertz CT molecular complexity index is 975. The van der Waals surface area contributed by atoms with Crippen molar-refractivity contribution >= 4 is 46.1 Å². The molecule has 1 aliphatic rings. The second-order valence-corrected chi connectivity index (χ2v) is 7.33. The second kappa shape index (κ2) is 9.20. The van der Waals surface area contributed by atoms with Crippen molar-refractivity contribution in [2.24, 2.45) is 4.99 Å². The zero-order valence-corrected chi connectivity index (χ0v) is 16.2. The third kappa shape index (κ3) is 4.91. The Labute approximate surface area is 172 Å². The highest BCUT2D eigenvalue weighted by Crippen LogP contribution is 2.32. The number of carboxylic acid groups (broad SMARTS) is 1. The van der Waals surface area contributed by atoms with Crippen LogP contribution in [0, 0.1) is 0 Å². The van der Waals surface area contributed by atoms with E-state index < -0.39 is 11.2 Å². The predicted octanol–water partition coefficient (Wildman–Crippen LogP) is 2.20. The molecule has 1 heterocycles. The highest BCUT2D eigenvalue weighted by molar-refractivity contribution is 8.15. The van der Waals surface area contributed by atoms with Gasteiger partial charge in [-0.05, 0) is 18.2 Å². The predicted molar refractivity (Wildman–Crippen MR) is 111 cm³/mol. The molecular formula is C21H18N3O4S-. The number of aliphatic imine (C=N–C) groups is 1. The fraction of sp³-hybridized carbons (Fsp3) is 0.143. The standard InChI is InChI=1S/C21H19N3O4S/c1-2-12-24-19(26)17(13-18(25)22-14-8-4-3-5-9-14)29-21(24)23-16-11-7-6-10-15(16)20(27)28/h2-11,17H,1,12-13H2,(H,22,25)(H,27,28)/p-1/t17-/m0/s1. The molecule has 7 nitrogen and oxygen atoms in total. The van der Waals surface area contributed by atoms with Gasteiger partial charge in [0.2, 0.25) is 11.8 Å². The summed E-state index contributed by atoms with van der Waals surface area (Å²) in [6.07, 6.45) is 1.51. The summed E-state index contributed by atoms with van der Waals surface area (Å²) in [6.45, 7) is 3.85. The van der Waals surface area contributed by atoms with E-state index in [1.165, 1.54) is 17.0 Å². The number of nitrogens with zero attached hydrogens (tertiary/aromatic N) is 2. The lowest BCUT2D eigenvalue weighted by atomic mass is 10.2. The zero-order valence-electron chi connectivity index (χ0n) is 15.4. The maximum absolute atomic E-state index is 12.8. The van der Waals surface area contributed by atoms with Crippen molar-refractivity contribution in [3.63, 3.8) is 0 Å². The lowest BCUT2D eigenvalue weighted by molar-refractivity contribution is -0.254. The van der Waals surface area contributed by atoms with E-state index in [2.05, 4.69) is 16.9 Å². The van der Waals surface area contributed by atoms with E-state index in [-0.39, 0.29) is 36.0 Å². The molecule has 3 rings (SSSR count). The van der Waals surface area contributed by atoms with Crippen molar-refractivity contribution in [3.8, 4) is 0 Å². The van der Waals surface area contributed by atoms with Gasteiger partial charge in [0.1, 0.15) is 5.25 Å². The van der Waals surface area contributed by atoms with Gasteiger partial charge in [0.05, 0.1) is 11.7 Å². The molecule has 0 spiro atoms. The van der Waals surface area contributed by atoms with Crippen LogP contribution in [0.3, 0.4) is 0 Å². The molecule has 0 aromatic heterocycles. The largest absolute Gasteiger partial charge is 0.545 e. The Kier molecular flexibility index (Phi) is 6.46. The first-order chi connectivity index (χ1) is 14.0. The first-order valence-electron chi connectivity index (χ1n) is 8.82. The van der Waals surface area contributed by atoms with Crippen LogP contribution in [0.4, 0.5) is 11.4 Å². The van der Waals surface area contributed by atoms with Gasteiger partial charge >= 0.3 is 0 Å². The minimum atomic E-state index is -1.35. The highest BCUT2D eigenvalue weighted by Gasteiger charge is 2.38. The number of carbonyl (C=O) groups excluding carboxylic acids is 3. The number of hydrogen-bond acceptors (Lipinski definition) is 6. The van der Waals surface area contributed by atoms with Crippen LogP contribution in [0.25, 0.3) is 0 Å². The highest BCUT2D eigenvalue weighted by atomic mass is 32.2. The molecule has 2 aromatic carbocycles. The number of hydrogen-bond donors (Lipinski definition) is 1. The average molecular weight is 408 g/mol. The average Bonchev–Trinajstić information content (AvgIpc) is 2.98. The number of carbonyl (C=O) groups is 3. The Morgan fingerprint density at radius 3 is 2.55 bits per heavy atom.